The lowest BCUT2D eigenvalue weighted by Gasteiger charge is -2.27. The van der Waals surface area contributed by atoms with Crippen LogP contribution in [0, 0.1) is 0 Å². The number of benzene rings is 1. The van der Waals surface area contributed by atoms with Crippen molar-refractivity contribution >= 4 is 19.5 Å². The standard InChI is InChI=1S/C23H33N4O9P/c1-4-8-19(28)33-13-15(2)26-37(32,36-16-9-6-5-7-10-16)34-14-17-20(29)23(3,31)21(35-17)27-12-11-18(24)25-22(27)30/h5-7,9-12,15,17,20-21,29,31H,4,8,13-14H2,1-3H3,(H,26,32)(H2,24,25,30)/t15?,17-,20-,21-,23-,37?/m1/s1. The van der Waals surface area contributed by atoms with Crippen molar-refractivity contribution in [2.45, 2.75) is 63.7 Å². The van der Waals surface area contributed by atoms with Gasteiger partial charge < -0.3 is 29.9 Å². The second kappa shape index (κ2) is 12.2. The van der Waals surface area contributed by atoms with Crippen LogP contribution in [0.1, 0.15) is 39.8 Å². The summed E-state index contributed by atoms with van der Waals surface area (Å²) in [4.78, 5) is 27.6. The van der Waals surface area contributed by atoms with E-state index in [1.54, 1.807) is 37.3 Å². The SMILES string of the molecule is CCCC(=O)OCC(C)NP(=O)(OC[C@H]1O[C@@H](n2ccc(N)nc2=O)[C@](C)(O)[C@@H]1O)Oc1ccccc1. The van der Waals surface area contributed by atoms with E-state index < -0.39 is 50.1 Å². The number of nitrogens with zero attached hydrogens (tertiary/aromatic N) is 2. The molecule has 1 fully saturated rings. The molecule has 0 amide bonds. The maximum absolute atomic E-state index is 13.7. The number of anilines is 1. The van der Waals surface area contributed by atoms with Gasteiger partial charge in [-0.15, -0.1) is 0 Å². The average molecular weight is 541 g/mol. The Morgan fingerprint density at radius 2 is 2.05 bits per heavy atom. The van der Waals surface area contributed by atoms with E-state index in [-0.39, 0.29) is 30.6 Å². The van der Waals surface area contributed by atoms with Crippen LogP contribution in [0.15, 0.2) is 47.4 Å². The van der Waals surface area contributed by atoms with Crippen LogP contribution in [0.3, 0.4) is 0 Å². The molecule has 1 aromatic heterocycles. The van der Waals surface area contributed by atoms with Crippen LogP contribution in [0.2, 0.25) is 0 Å². The Balaban J connectivity index is 1.74. The van der Waals surface area contributed by atoms with Crippen LogP contribution in [0.25, 0.3) is 0 Å². The number of nitrogens with two attached hydrogens (primary N) is 1. The summed E-state index contributed by atoms with van der Waals surface area (Å²) in [6.45, 7) is 4.20. The van der Waals surface area contributed by atoms with Gasteiger partial charge in [0.2, 0.25) is 0 Å². The summed E-state index contributed by atoms with van der Waals surface area (Å²) >= 11 is 0. The monoisotopic (exact) mass is 540 g/mol. The zero-order valence-electron chi connectivity index (χ0n) is 20.9. The maximum Gasteiger partial charge on any atom is 0.459 e. The smallest absolute Gasteiger partial charge is 0.459 e. The number of para-hydroxylation sites is 1. The fourth-order valence-corrected chi connectivity index (χ4v) is 5.20. The van der Waals surface area contributed by atoms with Crippen LogP contribution in [-0.2, 0) is 23.4 Å². The van der Waals surface area contributed by atoms with Crippen LogP contribution >= 0.6 is 7.75 Å². The van der Waals surface area contributed by atoms with Gasteiger partial charge in [-0.25, -0.2) is 14.4 Å². The zero-order chi connectivity index (χ0) is 27.2. The third-order valence-corrected chi connectivity index (χ3v) is 7.26. The number of esters is 1. The van der Waals surface area contributed by atoms with Gasteiger partial charge in [0.15, 0.2) is 6.23 Å². The van der Waals surface area contributed by atoms with E-state index in [1.165, 1.54) is 19.2 Å². The molecule has 2 aromatic rings. The Morgan fingerprint density at radius 3 is 2.70 bits per heavy atom. The predicted molar refractivity (Wildman–Crippen MR) is 133 cm³/mol. The molecule has 14 heteroatoms. The second-order valence-electron chi connectivity index (χ2n) is 8.90. The van der Waals surface area contributed by atoms with E-state index in [9.17, 15) is 24.4 Å². The summed E-state index contributed by atoms with van der Waals surface area (Å²) in [6.07, 6.45) is -1.88. The zero-order valence-corrected chi connectivity index (χ0v) is 21.7. The van der Waals surface area contributed by atoms with Gasteiger partial charge in [-0.1, -0.05) is 25.1 Å². The lowest BCUT2D eigenvalue weighted by molar-refractivity contribution is -0.144. The van der Waals surface area contributed by atoms with E-state index in [2.05, 4.69) is 10.1 Å². The highest BCUT2D eigenvalue weighted by atomic mass is 31.2. The van der Waals surface area contributed by atoms with Crippen LogP contribution in [0.4, 0.5) is 5.82 Å². The van der Waals surface area contributed by atoms with Crippen molar-refractivity contribution in [3.05, 3.63) is 53.1 Å². The molecular formula is C23H33N4O9P. The minimum atomic E-state index is -4.11. The summed E-state index contributed by atoms with van der Waals surface area (Å²) in [5.41, 5.74) is 2.81. The molecule has 1 saturated heterocycles. The lowest BCUT2D eigenvalue weighted by Crippen LogP contribution is -2.46. The normalized spacial score (nSPS) is 25.8. The number of carbonyl (C=O) groups is 1. The van der Waals surface area contributed by atoms with E-state index in [4.69, 9.17) is 24.3 Å². The highest BCUT2D eigenvalue weighted by Gasteiger charge is 2.54. The van der Waals surface area contributed by atoms with Gasteiger partial charge in [-0.3, -0.25) is 13.9 Å². The molecule has 1 aliphatic rings. The lowest BCUT2D eigenvalue weighted by atomic mass is 9.96. The Labute approximate surface area is 214 Å². The summed E-state index contributed by atoms with van der Waals surface area (Å²) in [5.74, 6) is -0.163. The molecule has 204 valence electrons. The van der Waals surface area contributed by atoms with E-state index in [1.807, 2.05) is 6.92 Å². The van der Waals surface area contributed by atoms with Gasteiger partial charge in [-0.05, 0) is 38.5 Å². The number of carbonyl (C=O) groups excluding carboxylic acids is 1. The second-order valence-corrected chi connectivity index (χ2v) is 10.6. The number of aromatic nitrogens is 2. The fourth-order valence-electron chi connectivity index (χ4n) is 3.67. The van der Waals surface area contributed by atoms with Crippen molar-refractivity contribution in [3.8, 4) is 5.75 Å². The molecule has 37 heavy (non-hydrogen) atoms. The van der Waals surface area contributed by atoms with Crippen LogP contribution < -0.4 is 21.0 Å². The Kier molecular flexibility index (Phi) is 9.46. The number of rotatable bonds is 12. The largest absolute Gasteiger partial charge is 0.464 e. The molecule has 2 heterocycles. The summed E-state index contributed by atoms with van der Waals surface area (Å²) in [6, 6.07) is 8.98. The molecule has 0 radical (unpaired) electrons. The molecule has 0 saturated carbocycles. The highest BCUT2D eigenvalue weighted by molar-refractivity contribution is 7.52. The number of nitrogens with one attached hydrogen (secondary N) is 1. The first-order chi connectivity index (χ1) is 17.4. The van der Waals surface area contributed by atoms with Gasteiger partial charge in [-0.2, -0.15) is 4.98 Å². The number of aliphatic hydroxyl groups excluding tert-OH is 1. The molecule has 0 aliphatic carbocycles. The van der Waals surface area contributed by atoms with Crippen molar-refractivity contribution in [2.75, 3.05) is 18.9 Å². The molecule has 0 bridgehead atoms. The minimum absolute atomic E-state index is 0.0149. The van der Waals surface area contributed by atoms with Crippen molar-refractivity contribution in [1.29, 1.82) is 0 Å². The van der Waals surface area contributed by atoms with Crippen LogP contribution in [0.5, 0.6) is 5.75 Å². The third kappa shape index (κ3) is 7.37. The van der Waals surface area contributed by atoms with Gasteiger partial charge in [0.1, 0.15) is 36.0 Å². The maximum atomic E-state index is 13.7. The number of hydrogen-bond donors (Lipinski definition) is 4. The number of ether oxygens (including phenoxy) is 2. The van der Waals surface area contributed by atoms with Crippen LogP contribution in [-0.4, -0.2) is 62.8 Å². The van der Waals surface area contributed by atoms with Gasteiger partial charge in [0, 0.05) is 18.7 Å². The highest BCUT2D eigenvalue weighted by Crippen LogP contribution is 2.46. The molecule has 1 aliphatic heterocycles. The average Bonchev–Trinajstić information content (AvgIpc) is 3.06. The van der Waals surface area contributed by atoms with Crippen molar-refractivity contribution in [1.82, 2.24) is 14.6 Å². The molecule has 3 rings (SSSR count). The fraction of sp³-hybridized carbons (Fsp3) is 0.522. The van der Waals surface area contributed by atoms with E-state index >= 15 is 0 Å². The van der Waals surface area contributed by atoms with Gasteiger partial charge >= 0.3 is 19.4 Å². The number of aliphatic hydroxyl groups is 2. The van der Waals surface area contributed by atoms with Gasteiger partial charge in [0.05, 0.1) is 6.61 Å². The molecule has 13 nitrogen and oxygen atoms in total. The molecule has 0 spiro atoms. The molecule has 6 atom stereocenters. The Hall–Kier alpha value is -2.80. The summed E-state index contributed by atoms with van der Waals surface area (Å²) in [5, 5.41) is 24.3. The van der Waals surface area contributed by atoms with Crippen molar-refractivity contribution in [3.63, 3.8) is 0 Å². The molecular weight excluding hydrogens is 507 g/mol. The molecule has 2 unspecified atom stereocenters. The van der Waals surface area contributed by atoms with Crippen molar-refractivity contribution in [2.24, 2.45) is 0 Å². The molecule has 5 N–H and O–H groups in total. The summed E-state index contributed by atoms with van der Waals surface area (Å²) < 4.78 is 36.8. The number of hydrogen-bond acceptors (Lipinski definition) is 11. The topological polar surface area (TPSA) is 184 Å². The number of nitrogen functional groups attached to an aromatic ring is 1. The summed E-state index contributed by atoms with van der Waals surface area (Å²) in [7, 11) is -4.11. The van der Waals surface area contributed by atoms with Gasteiger partial charge in [0.25, 0.3) is 0 Å². The third-order valence-electron chi connectivity index (χ3n) is 5.56. The quantitative estimate of drug-likeness (QED) is 0.224. The first kappa shape index (κ1) is 28.8. The van der Waals surface area contributed by atoms with E-state index in [0.717, 1.165) is 4.57 Å². The Morgan fingerprint density at radius 1 is 1.35 bits per heavy atom. The minimum Gasteiger partial charge on any atom is -0.464 e. The Bertz CT molecular complexity index is 1160. The molecule has 1 aromatic carbocycles. The predicted octanol–water partition coefficient (Wildman–Crippen LogP) is 1.36. The van der Waals surface area contributed by atoms with E-state index in [0.29, 0.717) is 6.42 Å². The van der Waals surface area contributed by atoms with Crippen molar-refractivity contribution < 1.29 is 38.1 Å². The first-order valence-corrected chi connectivity index (χ1v) is 13.3. The first-order valence-electron chi connectivity index (χ1n) is 11.8.